The molecule has 17 rings (SSSR count). The molecule has 4 aromatic heterocycles. The molecule has 35 heteroatoms. The number of benzene rings is 9. The van der Waals surface area contributed by atoms with E-state index in [1.807, 2.05) is 209 Å². The Balaban J connectivity index is 0.000000199. The van der Waals surface area contributed by atoms with Crippen molar-refractivity contribution in [1.82, 2.24) is 48.4 Å². The van der Waals surface area contributed by atoms with Gasteiger partial charge in [0.05, 0.1) is 80.7 Å². The number of imidazole rings is 2. The van der Waals surface area contributed by atoms with E-state index < -0.39 is 75.3 Å². The highest BCUT2D eigenvalue weighted by Crippen LogP contribution is 2.61. The van der Waals surface area contributed by atoms with Crippen LogP contribution in [0.5, 0.6) is 23.0 Å². The van der Waals surface area contributed by atoms with Crippen LogP contribution in [0, 0.1) is 0 Å². The lowest BCUT2D eigenvalue weighted by molar-refractivity contribution is -0.0964. The van der Waals surface area contributed by atoms with Crippen LogP contribution in [0.2, 0.25) is 0 Å². The summed E-state index contributed by atoms with van der Waals surface area (Å²) < 4.78 is 99.9. The lowest BCUT2D eigenvalue weighted by Gasteiger charge is -2.38. The maximum atomic E-state index is 13.4. The highest BCUT2D eigenvalue weighted by atomic mass is 32.7. The summed E-state index contributed by atoms with van der Waals surface area (Å²) in [4.78, 5) is 66.9. The van der Waals surface area contributed by atoms with Crippen LogP contribution in [0.4, 0.5) is 11.6 Å². The van der Waals surface area contributed by atoms with E-state index in [9.17, 15) is 14.4 Å². The zero-order valence-corrected chi connectivity index (χ0v) is 81.4. The van der Waals surface area contributed by atoms with E-state index in [-0.39, 0.29) is 54.2 Å². The molecule has 0 saturated carbocycles. The predicted octanol–water partition coefficient (Wildman–Crippen LogP) is 18.4. The Kier molecular flexibility index (Phi) is 35.4. The number of carbonyl (C=O) groups is 3. The normalized spacial score (nSPS) is 19.0. The van der Waals surface area contributed by atoms with Crippen LogP contribution in [-0.2, 0) is 58.1 Å². The van der Waals surface area contributed by atoms with E-state index in [0.29, 0.717) is 86.7 Å². The fourth-order valence-corrected chi connectivity index (χ4v) is 27.5. The fraction of sp³-hybridized carbons (Fsp3) is 0.337. The third-order valence-electron chi connectivity index (χ3n) is 23.7. The van der Waals surface area contributed by atoms with Crippen molar-refractivity contribution in [3.8, 4) is 23.0 Å². The Morgan fingerprint density at radius 1 is 0.404 bits per heavy atom. The number of hydrogen-bond acceptors (Lipinski definition) is 30. The maximum Gasteiger partial charge on any atom is 0.256 e. The summed E-state index contributed by atoms with van der Waals surface area (Å²) in [6.07, 6.45) is 4.60. The minimum atomic E-state index is -1.31. The van der Waals surface area contributed by atoms with Crippen LogP contribution in [-0.4, -0.2) is 233 Å². The van der Waals surface area contributed by atoms with Gasteiger partial charge in [-0.15, -0.1) is 0 Å². The molecule has 29 nitrogen and oxygen atoms in total. The minimum absolute atomic E-state index is 0.0352. The van der Waals surface area contributed by atoms with Crippen molar-refractivity contribution >= 4 is 111 Å². The molecule has 710 valence electrons. The van der Waals surface area contributed by atoms with Gasteiger partial charge >= 0.3 is 0 Å². The number of nitrogens with two attached hydrogens (primary N) is 1. The van der Waals surface area contributed by atoms with Crippen LogP contribution in [0.3, 0.4) is 0 Å². The van der Waals surface area contributed by atoms with Gasteiger partial charge in [0.1, 0.15) is 89.0 Å². The SMILES string of the molecule is COCCOC1[C@@H](OP(SCCSC(=O)c2ccccc2)N2CCCC2)[C@@H](COC(c2ccccc2)(c2ccc(OC)cc2)c2ccc(OC)cc2)O[C@H]1n1cnc2c(N)ncnc21.COCCOC1[C@@H](OP(SCCSC(=O)c2ccccc2)N2CCCC2)[C@@H](COC(c2ccccc2)(c2ccc(OC)cc2)c2ccc(OC)cc2)O[C@H]1n1cnc2c(NC(=O)c3ccccc3)ncnc21. The van der Waals surface area contributed by atoms with Crippen molar-refractivity contribution in [1.29, 1.82) is 0 Å². The van der Waals surface area contributed by atoms with Crippen molar-refractivity contribution in [2.45, 2.75) is 86.0 Å². The van der Waals surface area contributed by atoms with Gasteiger partial charge < -0.3 is 76.9 Å². The standard InChI is InChI=1S/C54H57N6O9PS2.C47H53N6O8PS2/c1-63-31-32-66-48-47(69-70(59-29-13-14-30-59)72-34-33-71-53(62)39-17-9-5-10-18-39)45(68-52(48)60-37-57-46-49(55-36-56-50(46)60)58-51(61)38-15-7-4-8-16-38)35-67-54(40-19-11-6-12-20-40,41-21-25-43(64-2)26-22-41)42-23-27-44(65-3)28-24-42;1-55-26-27-58-42-41(61-62(52-24-10-11-25-52)64-29-28-63-46(54)33-12-6-4-7-13-33)39(60-45(42)53-32-51-40-43(48)49-31-50-44(40)53)30-59-47(34-14-8-5-9-15-34,35-16-20-37(56-2)21-17-35)36-18-22-38(57-3)23-19-36/h4-12,15-28,36-37,45,47-48,52H,13-14,29-35H2,1-3H3,(H,55,56,58,61);4-9,12-23,31-32,39,41-42,45H,10-11,24-30H2,1-3H3,(H2,48,49,50)/t45-,47+,48?,52-,70?;39-,41+,42?,45-,62?/m11/s1. The molecule has 3 N–H and O–H groups in total. The number of nitrogens with zero attached hydrogens (tertiary/aromatic N) is 10. The first-order valence-electron chi connectivity index (χ1n) is 44.9. The van der Waals surface area contributed by atoms with Gasteiger partial charge in [-0.3, -0.25) is 32.9 Å². The molecule has 4 aliphatic heterocycles. The second kappa shape index (κ2) is 48.8. The van der Waals surface area contributed by atoms with E-state index in [4.69, 9.17) is 81.6 Å². The molecule has 1 amide bonds. The summed E-state index contributed by atoms with van der Waals surface area (Å²) in [5.74, 6) is 5.64. The smallest absolute Gasteiger partial charge is 0.256 e. The Morgan fingerprint density at radius 3 is 1.12 bits per heavy atom. The third-order valence-corrected chi connectivity index (χ3v) is 34.1. The number of amides is 1. The monoisotopic (exact) mass is 1950 g/mol. The number of thioether (sulfide) groups is 2. The number of carbonyl (C=O) groups excluding carboxylic acids is 3. The molecule has 9 aromatic carbocycles. The molecule has 0 bridgehead atoms. The van der Waals surface area contributed by atoms with E-state index in [1.54, 1.807) is 102 Å². The van der Waals surface area contributed by atoms with Crippen LogP contribution < -0.4 is 30.0 Å². The van der Waals surface area contributed by atoms with Crippen molar-refractivity contribution in [3.63, 3.8) is 0 Å². The number of hydrogen-bond donors (Lipinski definition) is 2. The molecular weight excluding hydrogens is 1840 g/mol. The van der Waals surface area contributed by atoms with Gasteiger partial charge in [0.2, 0.25) is 10.2 Å². The number of aromatic nitrogens is 8. The first-order chi connectivity index (χ1) is 66.8. The highest BCUT2D eigenvalue weighted by Gasteiger charge is 2.54. The molecule has 0 aliphatic carbocycles. The molecular formula is C101H110N12O17P2S4. The van der Waals surface area contributed by atoms with Gasteiger partial charge in [-0.1, -0.05) is 234 Å². The number of ether oxygens (including phenoxy) is 12. The molecule has 4 aliphatic rings. The molecule has 8 heterocycles. The van der Waals surface area contributed by atoms with Crippen LogP contribution in [0.25, 0.3) is 22.3 Å². The fourth-order valence-electron chi connectivity index (χ4n) is 16.9. The molecule has 0 spiro atoms. The predicted molar refractivity (Wildman–Crippen MR) is 534 cm³/mol. The summed E-state index contributed by atoms with van der Waals surface area (Å²) in [7, 11) is 7.32. The van der Waals surface area contributed by atoms with Gasteiger partial charge in [-0.2, -0.15) is 0 Å². The van der Waals surface area contributed by atoms with Crippen LogP contribution in [0.1, 0.15) is 103 Å². The molecule has 4 saturated heterocycles. The number of rotatable bonds is 44. The summed E-state index contributed by atoms with van der Waals surface area (Å²) in [6.45, 7) is 4.82. The lowest BCUT2D eigenvalue weighted by atomic mass is 9.80. The summed E-state index contributed by atoms with van der Waals surface area (Å²) in [5.41, 5.74) is 12.9. The zero-order chi connectivity index (χ0) is 94.0. The van der Waals surface area contributed by atoms with Gasteiger partial charge in [0.25, 0.3) is 5.91 Å². The molecule has 0 radical (unpaired) electrons. The number of methoxy groups -OCH3 is 6. The highest BCUT2D eigenvalue weighted by molar-refractivity contribution is 8.54. The van der Waals surface area contributed by atoms with Gasteiger partial charge in [-0.05, 0) is 120 Å². The third kappa shape index (κ3) is 23.5. The number of nitrogen functional groups attached to an aromatic ring is 1. The Bertz CT molecular complexity index is 5850. The van der Waals surface area contributed by atoms with E-state index in [1.165, 1.54) is 36.2 Å². The maximum absolute atomic E-state index is 13.4. The van der Waals surface area contributed by atoms with Gasteiger partial charge in [-0.25, -0.2) is 29.9 Å². The van der Waals surface area contributed by atoms with E-state index in [2.05, 4.69) is 58.9 Å². The number of nitrogens with one attached hydrogen (secondary N) is 1. The summed E-state index contributed by atoms with van der Waals surface area (Å²) >= 11 is 6.10. The van der Waals surface area contributed by atoms with Crippen LogP contribution in [0.15, 0.2) is 274 Å². The van der Waals surface area contributed by atoms with Gasteiger partial charge in [0, 0.05) is 80.1 Å². The first kappa shape index (κ1) is 98.7. The molecule has 13 aromatic rings. The summed E-state index contributed by atoms with van der Waals surface area (Å²) in [6, 6.07) is 79.7. The number of anilines is 2. The summed E-state index contributed by atoms with van der Waals surface area (Å²) in [5, 5.41) is 3.02. The first-order valence-corrected chi connectivity index (χ1v) is 52.5. The van der Waals surface area contributed by atoms with Gasteiger partial charge in [0.15, 0.2) is 55.9 Å². The Labute approximate surface area is 810 Å². The largest absolute Gasteiger partial charge is 0.497 e. The topological polar surface area (TPSA) is 312 Å². The average molecular weight is 1950 g/mol. The van der Waals surface area contributed by atoms with Crippen molar-refractivity contribution in [2.24, 2.45) is 0 Å². The van der Waals surface area contributed by atoms with Crippen molar-refractivity contribution in [2.75, 3.05) is 143 Å². The number of fused-ring (bicyclic) bond motifs is 2. The second-order valence-corrected chi connectivity index (χ2v) is 41.4. The molecule has 10 atom stereocenters. The Morgan fingerprint density at radius 2 is 0.750 bits per heavy atom. The average Bonchev–Trinajstić information content (AvgIpc) is 1.40. The van der Waals surface area contributed by atoms with E-state index >= 15 is 0 Å². The quantitative estimate of drug-likeness (QED) is 0.0204. The molecule has 4 unspecified atom stereocenters. The van der Waals surface area contributed by atoms with Crippen LogP contribution >= 0.6 is 61.3 Å². The van der Waals surface area contributed by atoms with Crippen molar-refractivity contribution in [3.05, 3.63) is 324 Å². The molecule has 136 heavy (non-hydrogen) atoms. The minimum Gasteiger partial charge on any atom is -0.497 e. The second-order valence-electron chi connectivity index (χ2n) is 32.0. The Hall–Kier alpha value is -10.3. The zero-order valence-electron chi connectivity index (χ0n) is 76.3. The van der Waals surface area contributed by atoms with Crippen molar-refractivity contribution < 1.29 is 80.3 Å². The van der Waals surface area contributed by atoms with E-state index in [0.717, 1.165) is 96.7 Å². The lowest BCUT2D eigenvalue weighted by Crippen LogP contribution is -2.41. The molecule has 4 fully saturated rings.